The Bertz CT molecular complexity index is 652. The predicted octanol–water partition coefficient (Wildman–Crippen LogP) is 2.82. The molecule has 0 unspecified atom stereocenters. The second kappa shape index (κ2) is 9.50. The third-order valence-corrected chi connectivity index (χ3v) is 3.74. The van der Waals surface area contributed by atoms with E-state index in [0.29, 0.717) is 16.9 Å². The number of carbonyl (C=O) groups excluding carboxylic acids is 2. The summed E-state index contributed by atoms with van der Waals surface area (Å²) in [6, 6.07) is 6.40. The minimum absolute atomic E-state index is 0.0322. The number of carboxylic acids is 1. The summed E-state index contributed by atoms with van der Waals surface area (Å²) < 4.78 is 5.29. The summed E-state index contributed by atoms with van der Waals surface area (Å²) in [5.74, 6) is -1.93. The highest BCUT2D eigenvalue weighted by atomic mass is 16.6. The van der Waals surface area contributed by atoms with Gasteiger partial charge in [-0.3, -0.25) is 4.79 Å². The van der Waals surface area contributed by atoms with Crippen molar-refractivity contribution in [1.82, 2.24) is 4.90 Å². The average Bonchev–Trinajstić information content (AvgIpc) is 2.52. The largest absolute Gasteiger partial charge is 0.480 e. The maximum atomic E-state index is 12.9. The number of carbonyl (C=O) groups is 3. The summed E-state index contributed by atoms with van der Waals surface area (Å²) in [4.78, 5) is 38.2. The van der Waals surface area contributed by atoms with Crippen LogP contribution >= 0.6 is 0 Å². The number of benzene rings is 1. The van der Waals surface area contributed by atoms with Gasteiger partial charge in [0.15, 0.2) is 0 Å². The number of imide groups is 1. The number of hydrogen-bond donors (Lipinski definition) is 2. The molecule has 0 saturated heterocycles. The van der Waals surface area contributed by atoms with Gasteiger partial charge in [-0.1, -0.05) is 44.2 Å². The average molecular weight is 378 g/mol. The molecule has 3 N–H and O–H groups in total. The van der Waals surface area contributed by atoms with Gasteiger partial charge in [-0.25, -0.2) is 14.5 Å². The first-order valence-corrected chi connectivity index (χ1v) is 9.00. The number of hydrogen-bond acceptors (Lipinski definition) is 5. The molecule has 0 aromatic heterocycles. The van der Waals surface area contributed by atoms with Gasteiger partial charge in [0.1, 0.15) is 11.6 Å². The molecule has 0 aliphatic heterocycles. The lowest BCUT2D eigenvalue weighted by Gasteiger charge is -2.32. The van der Waals surface area contributed by atoms with Crippen LogP contribution in [0, 0.1) is 5.92 Å². The fourth-order valence-corrected chi connectivity index (χ4v) is 2.60. The number of ether oxygens (including phenoxy) is 1. The van der Waals surface area contributed by atoms with Crippen molar-refractivity contribution in [2.45, 2.75) is 65.1 Å². The topological polar surface area (TPSA) is 110 Å². The number of aliphatic carboxylic acids is 1. The van der Waals surface area contributed by atoms with Crippen LogP contribution in [0.3, 0.4) is 0 Å². The highest BCUT2D eigenvalue weighted by molar-refractivity contribution is 5.99. The zero-order chi connectivity index (χ0) is 20.8. The molecule has 0 saturated carbocycles. The molecule has 7 nitrogen and oxygen atoms in total. The Balaban J connectivity index is 3.24. The lowest BCUT2D eigenvalue weighted by Crippen LogP contribution is -2.56. The number of nitrogens with zero attached hydrogens (tertiary/aromatic N) is 1. The van der Waals surface area contributed by atoms with E-state index in [2.05, 4.69) is 0 Å². The highest BCUT2D eigenvalue weighted by Gasteiger charge is 2.39. The molecule has 2 amide bonds. The van der Waals surface area contributed by atoms with Crippen molar-refractivity contribution in [3.8, 4) is 0 Å². The summed E-state index contributed by atoms with van der Waals surface area (Å²) in [6.07, 6.45) is -0.708. The molecule has 0 spiro atoms. The molecule has 0 radical (unpaired) electrons. The minimum atomic E-state index is -1.41. The van der Waals surface area contributed by atoms with Crippen LogP contribution in [-0.4, -0.2) is 45.7 Å². The zero-order valence-corrected chi connectivity index (χ0v) is 16.6. The first-order valence-electron chi connectivity index (χ1n) is 9.00. The normalized spacial score (nSPS) is 13.7. The summed E-state index contributed by atoms with van der Waals surface area (Å²) in [7, 11) is 0. The zero-order valence-electron chi connectivity index (χ0n) is 16.6. The van der Waals surface area contributed by atoms with Crippen LogP contribution < -0.4 is 5.73 Å². The predicted molar refractivity (Wildman–Crippen MR) is 102 cm³/mol. The Labute approximate surface area is 160 Å². The second-order valence-electron chi connectivity index (χ2n) is 7.97. The van der Waals surface area contributed by atoms with Gasteiger partial charge in [-0.05, 0) is 38.7 Å². The molecular formula is C20H30N2O5. The number of rotatable bonds is 7. The van der Waals surface area contributed by atoms with E-state index in [4.69, 9.17) is 10.5 Å². The van der Waals surface area contributed by atoms with Gasteiger partial charge in [-0.2, -0.15) is 0 Å². The van der Waals surface area contributed by atoms with Gasteiger partial charge < -0.3 is 15.6 Å². The Morgan fingerprint density at radius 1 is 1.15 bits per heavy atom. The summed E-state index contributed by atoms with van der Waals surface area (Å²) in [6.45, 7) is 8.73. The number of nitrogens with two attached hydrogens (primary N) is 1. The van der Waals surface area contributed by atoms with Crippen molar-refractivity contribution in [1.29, 1.82) is 0 Å². The smallest absolute Gasteiger partial charge is 0.417 e. The van der Waals surface area contributed by atoms with Crippen LogP contribution in [0.2, 0.25) is 0 Å². The molecule has 7 heteroatoms. The van der Waals surface area contributed by atoms with Crippen molar-refractivity contribution in [3.63, 3.8) is 0 Å². The van der Waals surface area contributed by atoms with E-state index >= 15 is 0 Å². The van der Waals surface area contributed by atoms with E-state index < -0.39 is 35.7 Å². The maximum absolute atomic E-state index is 12.9. The van der Waals surface area contributed by atoms with Crippen molar-refractivity contribution in [2.75, 3.05) is 0 Å². The summed E-state index contributed by atoms with van der Waals surface area (Å²) in [5.41, 5.74) is 5.76. The van der Waals surface area contributed by atoms with Crippen LogP contribution in [0.25, 0.3) is 0 Å². The third kappa shape index (κ3) is 7.38. The molecule has 0 fully saturated rings. The summed E-state index contributed by atoms with van der Waals surface area (Å²) in [5, 5.41) is 9.72. The molecule has 0 bridgehead atoms. The van der Waals surface area contributed by atoms with E-state index in [1.54, 1.807) is 51.1 Å². The number of amides is 2. The van der Waals surface area contributed by atoms with Gasteiger partial charge in [-0.15, -0.1) is 0 Å². The van der Waals surface area contributed by atoms with Gasteiger partial charge in [0.05, 0.1) is 6.04 Å². The van der Waals surface area contributed by atoms with E-state index in [1.807, 2.05) is 13.8 Å². The molecule has 1 rings (SSSR count). The van der Waals surface area contributed by atoms with E-state index in [1.165, 1.54) is 0 Å². The van der Waals surface area contributed by atoms with Gasteiger partial charge in [0, 0.05) is 6.42 Å². The Morgan fingerprint density at radius 3 is 2.15 bits per heavy atom. The maximum Gasteiger partial charge on any atom is 0.417 e. The van der Waals surface area contributed by atoms with Crippen molar-refractivity contribution >= 4 is 18.0 Å². The van der Waals surface area contributed by atoms with Crippen molar-refractivity contribution in [2.24, 2.45) is 11.7 Å². The second-order valence-corrected chi connectivity index (χ2v) is 7.97. The first-order chi connectivity index (χ1) is 12.4. The fraction of sp³-hybridized carbons (Fsp3) is 0.550. The number of carboxylic acid groups (broad SMARTS) is 1. The Hall–Kier alpha value is -2.41. The van der Waals surface area contributed by atoms with Gasteiger partial charge in [0.2, 0.25) is 5.91 Å². The molecular weight excluding hydrogens is 348 g/mol. The first kappa shape index (κ1) is 22.6. The molecule has 0 aliphatic carbocycles. The van der Waals surface area contributed by atoms with Crippen molar-refractivity contribution in [3.05, 3.63) is 35.9 Å². The molecule has 0 heterocycles. The molecule has 1 aromatic carbocycles. The van der Waals surface area contributed by atoms with Crippen LogP contribution in [-0.2, 0) is 20.7 Å². The Kier molecular flexibility index (Phi) is 7.97. The van der Waals surface area contributed by atoms with E-state index in [0.717, 1.165) is 0 Å². The lowest BCUT2D eigenvalue weighted by molar-refractivity contribution is -0.150. The quantitative estimate of drug-likeness (QED) is 0.755. The molecule has 150 valence electrons. The van der Waals surface area contributed by atoms with Gasteiger partial charge in [0.25, 0.3) is 0 Å². The van der Waals surface area contributed by atoms with Crippen molar-refractivity contribution < 1.29 is 24.2 Å². The monoisotopic (exact) mass is 378 g/mol. The van der Waals surface area contributed by atoms with Crippen LogP contribution in [0.1, 0.15) is 46.6 Å². The van der Waals surface area contributed by atoms with Crippen LogP contribution in [0.5, 0.6) is 0 Å². The standard InChI is InChI=1S/C20H30N2O5/c1-13(2)11-15(21)17(23)22(19(26)27-20(3,4)5)16(18(24)25)12-14-9-7-6-8-10-14/h6-10,13,15-16H,11-12,21H2,1-5H3,(H,24,25)/t15-,16-/m0/s1. The Morgan fingerprint density at radius 2 is 1.70 bits per heavy atom. The highest BCUT2D eigenvalue weighted by Crippen LogP contribution is 2.18. The molecule has 0 aliphatic rings. The van der Waals surface area contributed by atoms with Crippen LogP contribution in [0.4, 0.5) is 4.79 Å². The van der Waals surface area contributed by atoms with E-state index in [9.17, 15) is 19.5 Å². The lowest BCUT2D eigenvalue weighted by atomic mass is 10.0. The van der Waals surface area contributed by atoms with Crippen LogP contribution in [0.15, 0.2) is 30.3 Å². The fourth-order valence-electron chi connectivity index (χ4n) is 2.60. The molecule has 27 heavy (non-hydrogen) atoms. The molecule has 2 atom stereocenters. The summed E-state index contributed by atoms with van der Waals surface area (Å²) >= 11 is 0. The van der Waals surface area contributed by atoms with E-state index in [-0.39, 0.29) is 12.3 Å². The van der Waals surface area contributed by atoms with Gasteiger partial charge >= 0.3 is 12.1 Å². The third-order valence-electron chi connectivity index (χ3n) is 3.74. The minimum Gasteiger partial charge on any atom is -0.480 e. The molecule has 1 aromatic rings. The SMILES string of the molecule is CC(C)C[C@H](N)C(=O)N(C(=O)OC(C)(C)C)[C@@H](Cc1ccccc1)C(=O)O.